The van der Waals surface area contributed by atoms with Gasteiger partial charge in [0.15, 0.2) is 5.82 Å². The lowest BCUT2D eigenvalue weighted by Gasteiger charge is -2.16. The van der Waals surface area contributed by atoms with Gasteiger partial charge in [0.05, 0.1) is 34.5 Å². The molecule has 15 heteroatoms. The van der Waals surface area contributed by atoms with Crippen molar-refractivity contribution in [3.63, 3.8) is 0 Å². The predicted octanol–water partition coefficient (Wildman–Crippen LogP) is 5.07. The number of methoxy groups -OCH3 is 1. The monoisotopic (exact) mass is 594 g/mol. The fourth-order valence-corrected chi connectivity index (χ4v) is 4.93. The molecule has 0 aliphatic rings. The van der Waals surface area contributed by atoms with Crippen molar-refractivity contribution in [2.24, 2.45) is 0 Å². The molecule has 0 fully saturated rings. The first kappa shape index (κ1) is 28.7. The number of ether oxygens (including phenoxy) is 1. The van der Waals surface area contributed by atoms with Crippen LogP contribution in [0, 0.1) is 5.82 Å². The molecule has 5 aromatic rings. The number of pyridine rings is 2. The highest BCUT2D eigenvalue weighted by Gasteiger charge is 2.31. The van der Waals surface area contributed by atoms with Crippen LogP contribution in [-0.4, -0.2) is 30.2 Å². The number of fused-ring (bicyclic) bond motifs is 1. The Kier molecular flexibility index (Phi) is 7.68. The van der Waals surface area contributed by atoms with Gasteiger partial charge >= 0.3 is 6.18 Å². The van der Waals surface area contributed by atoms with Crippen LogP contribution < -0.4 is 15.0 Å². The lowest BCUT2D eigenvalue weighted by atomic mass is 10.1. The van der Waals surface area contributed by atoms with Crippen LogP contribution in [0.1, 0.15) is 5.56 Å². The molecule has 0 saturated heterocycles. The third-order valence-electron chi connectivity index (χ3n) is 5.73. The van der Waals surface area contributed by atoms with E-state index < -0.39 is 33.1 Å². The number of aromatic nitrogens is 3. The molecule has 3 aromatic heterocycles. The van der Waals surface area contributed by atoms with Crippen molar-refractivity contribution in [3.05, 3.63) is 94.9 Å². The van der Waals surface area contributed by atoms with Crippen molar-refractivity contribution in [3.8, 4) is 22.7 Å². The molecule has 9 nitrogen and oxygen atoms in total. The van der Waals surface area contributed by atoms with E-state index >= 15 is 4.39 Å². The van der Waals surface area contributed by atoms with Crippen molar-refractivity contribution in [1.29, 1.82) is 0 Å². The Balaban J connectivity index is 0.00000370. The van der Waals surface area contributed by atoms with E-state index in [1.807, 2.05) is 0 Å². The van der Waals surface area contributed by atoms with E-state index in [2.05, 4.69) is 19.4 Å². The van der Waals surface area contributed by atoms with E-state index in [1.165, 1.54) is 55.8 Å². The summed E-state index contributed by atoms with van der Waals surface area (Å²) in [5, 5.41) is 3.84. The first-order valence-corrected chi connectivity index (χ1v) is 12.5. The molecular formula is C25H19F4N4O5PS. The smallest absolute Gasteiger partial charge is 0.417 e. The van der Waals surface area contributed by atoms with Gasteiger partial charge in [-0.05, 0) is 42.5 Å². The molecule has 1 atom stereocenters. The number of sulfonamides is 1. The van der Waals surface area contributed by atoms with Crippen LogP contribution in [0.3, 0.4) is 0 Å². The van der Waals surface area contributed by atoms with Gasteiger partial charge in [0.1, 0.15) is 17.8 Å². The Morgan fingerprint density at radius 2 is 1.80 bits per heavy atom. The van der Waals surface area contributed by atoms with E-state index in [0.29, 0.717) is 11.6 Å². The quantitative estimate of drug-likeness (QED) is 0.216. The minimum atomic E-state index is -4.60. The number of hydrogen-bond acceptors (Lipinski definition) is 7. The summed E-state index contributed by atoms with van der Waals surface area (Å²) in [5.41, 5.74) is -1.57. The standard InChI is InChI=1S/C25H16F4N4O5S.H3P/c1-37-22-11-17(19-5-3-15(13-30-19)25(27,28)29)18(26)12-21(22)33-20-6-4-16(10-14(20)2-7-24(33)34)39(35,36)32-23-8-9-38-31-23;/h2-13H,1H3,(H,31,32);1H3. The zero-order chi connectivity index (χ0) is 27.9. The van der Waals surface area contributed by atoms with Crippen molar-refractivity contribution >= 4 is 36.6 Å². The van der Waals surface area contributed by atoms with Crippen molar-refractivity contribution in [1.82, 2.24) is 14.7 Å². The average molecular weight is 594 g/mol. The Hall–Kier alpha value is -4.29. The lowest BCUT2D eigenvalue weighted by molar-refractivity contribution is -0.137. The number of nitrogens with zero attached hydrogens (tertiary/aromatic N) is 3. The van der Waals surface area contributed by atoms with Crippen LogP contribution in [0.2, 0.25) is 0 Å². The van der Waals surface area contributed by atoms with Crippen molar-refractivity contribution in [2.75, 3.05) is 11.8 Å². The second-order valence-corrected chi connectivity index (χ2v) is 9.83. The molecule has 5 rings (SSSR count). The second kappa shape index (κ2) is 10.7. The maximum atomic E-state index is 15.3. The largest absolute Gasteiger partial charge is 0.495 e. The van der Waals surface area contributed by atoms with Gasteiger partial charge in [0, 0.05) is 35.3 Å². The van der Waals surface area contributed by atoms with E-state index in [-0.39, 0.29) is 48.8 Å². The number of halogens is 4. The Bertz CT molecular complexity index is 1860. The van der Waals surface area contributed by atoms with E-state index in [9.17, 15) is 26.4 Å². The van der Waals surface area contributed by atoms with Gasteiger partial charge in [-0.15, -0.1) is 0 Å². The minimum Gasteiger partial charge on any atom is -0.495 e. The second-order valence-electron chi connectivity index (χ2n) is 8.15. The summed E-state index contributed by atoms with van der Waals surface area (Å²) in [5.74, 6) is -0.882. The number of rotatable bonds is 6. The van der Waals surface area contributed by atoms with Crippen LogP contribution >= 0.6 is 9.90 Å². The van der Waals surface area contributed by atoms with E-state index in [0.717, 1.165) is 22.8 Å². The number of anilines is 1. The van der Waals surface area contributed by atoms with E-state index in [4.69, 9.17) is 4.74 Å². The Morgan fingerprint density at radius 1 is 1.02 bits per heavy atom. The first-order valence-electron chi connectivity index (χ1n) is 11.0. The van der Waals surface area contributed by atoms with Gasteiger partial charge in [0.25, 0.3) is 15.6 Å². The SMILES string of the molecule is COc1cc(-c2ccc(C(F)(F)F)cn2)c(F)cc1-n1c(=O)ccc2cc(S(=O)(=O)Nc3ccon3)ccc21.P. The first-order chi connectivity index (χ1) is 18.5. The molecule has 0 spiro atoms. The van der Waals surface area contributed by atoms with Gasteiger partial charge in [0.2, 0.25) is 0 Å². The van der Waals surface area contributed by atoms with Gasteiger partial charge < -0.3 is 9.26 Å². The minimum absolute atomic E-state index is 0. The molecular weight excluding hydrogens is 575 g/mol. The van der Waals surface area contributed by atoms with Gasteiger partial charge in [-0.1, -0.05) is 5.16 Å². The summed E-state index contributed by atoms with van der Waals surface area (Å²) in [6.45, 7) is 0. The summed E-state index contributed by atoms with van der Waals surface area (Å²) in [6, 6.07) is 11.9. The van der Waals surface area contributed by atoms with Crippen molar-refractivity contribution in [2.45, 2.75) is 11.1 Å². The molecule has 0 saturated carbocycles. The van der Waals surface area contributed by atoms with E-state index in [1.54, 1.807) is 0 Å². The molecule has 0 aliphatic heterocycles. The molecule has 0 radical (unpaired) electrons. The summed E-state index contributed by atoms with van der Waals surface area (Å²) >= 11 is 0. The molecule has 2 aromatic carbocycles. The number of alkyl halides is 3. The number of nitrogens with one attached hydrogen (secondary N) is 1. The van der Waals surface area contributed by atoms with Crippen LogP contribution in [0.25, 0.3) is 27.8 Å². The average Bonchev–Trinajstić information content (AvgIpc) is 3.40. The highest BCUT2D eigenvalue weighted by molar-refractivity contribution is 7.92. The van der Waals surface area contributed by atoms with Gasteiger partial charge in [-0.3, -0.25) is 19.1 Å². The third kappa shape index (κ3) is 5.40. The molecule has 1 unspecified atom stereocenters. The van der Waals surface area contributed by atoms with Crippen molar-refractivity contribution < 1.29 is 35.2 Å². The molecule has 40 heavy (non-hydrogen) atoms. The molecule has 0 amide bonds. The zero-order valence-corrected chi connectivity index (χ0v) is 22.7. The maximum absolute atomic E-state index is 15.3. The van der Waals surface area contributed by atoms with Crippen LogP contribution in [0.4, 0.5) is 23.4 Å². The maximum Gasteiger partial charge on any atom is 0.417 e. The topological polar surface area (TPSA) is 116 Å². The summed E-state index contributed by atoms with van der Waals surface area (Å²) in [7, 11) is -2.78. The molecule has 0 bridgehead atoms. The van der Waals surface area contributed by atoms with Gasteiger partial charge in [-0.25, -0.2) is 12.8 Å². The fourth-order valence-electron chi connectivity index (χ4n) is 3.90. The molecule has 3 heterocycles. The predicted molar refractivity (Wildman–Crippen MR) is 143 cm³/mol. The third-order valence-corrected chi connectivity index (χ3v) is 7.08. The summed E-state index contributed by atoms with van der Waals surface area (Å²) in [6.07, 6.45) is -2.82. The Morgan fingerprint density at radius 3 is 2.42 bits per heavy atom. The fraction of sp³-hybridized carbons (Fsp3) is 0.0800. The Labute approximate surface area is 227 Å². The normalized spacial score (nSPS) is 11.7. The van der Waals surface area contributed by atoms with Crippen LogP contribution in [-0.2, 0) is 16.2 Å². The van der Waals surface area contributed by atoms with Crippen LogP contribution in [0.5, 0.6) is 5.75 Å². The number of benzene rings is 2. The zero-order valence-electron chi connectivity index (χ0n) is 20.4. The molecule has 208 valence electrons. The number of hydrogen-bond donors (Lipinski definition) is 1. The van der Waals surface area contributed by atoms with Gasteiger partial charge in [-0.2, -0.15) is 23.1 Å². The van der Waals surface area contributed by atoms with Crippen LogP contribution in [0.15, 0.2) is 87.3 Å². The lowest BCUT2D eigenvalue weighted by Crippen LogP contribution is -2.19. The highest BCUT2D eigenvalue weighted by Crippen LogP contribution is 2.34. The molecule has 1 N–H and O–H groups in total. The summed E-state index contributed by atoms with van der Waals surface area (Å²) in [4.78, 5) is 16.5. The highest BCUT2D eigenvalue weighted by atomic mass is 32.2. The molecule has 0 aliphatic carbocycles. The summed E-state index contributed by atoms with van der Waals surface area (Å²) < 4.78 is 92.9.